The van der Waals surface area contributed by atoms with Crippen LogP contribution in [0.4, 0.5) is 0 Å². The Morgan fingerprint density at radius 2 is 2.24 bits per heavy atom. The summed E-state index contributed by atoms with van der Waals surface area (Å²) in [7, 11) is 0. The average Bonchev–Trinajstić information content (AvgIpc) is 3.04. The molecule has 0 aliphatic rings. The van der Waals surface area contributed by atoms with Crippen LogP contribution in [-0.2, 0) is 6.42 Å². The largest absolute Gasteiger partial charge is 0.477 e. The molecule has 0 atom stereocenters. The van der Waals surface area contributed by atoms with Crippen molar-refractivity contribution in [1.29, 1.82) is 0 Å². The molecule has 5 nitrogen and oxygen atoms in total. The summed E-state index contributed by atoms with van der Waals surface area (Å²) in [6.07, 6.45) is 2.37. The van der Waals surface area contributed by atoms with E-state index in [1.807, 2.05) is 5.38 Å². The van der Waals surface area contributed by atoms with Gasteiger partial charge in [0.15, 0.2) is 4.34 Å². The average molecular weight is 337 g/mol. The van der Waals surface area contributed by atoms with Crippen molar-refractivity contribution in [1.82, 2.24) is 15.0 Å². The molecule has 0 aliphatic carbocycles. The van der Waals surface area contributed by atoms with Gasteiger partial charge in [-0.1, -0.05) is 6.92 Å². The van der Waals surface area contributed by atoms with Crippen molar-refractivity contribution in [2.75, 3.05) is 0 Å². The van der Waals surface area contributed by atoms with Crippen LogP contribution in [0.5, 0.6) is 0 Å². The fourth-order valence-corrected chi connectivity index (χ4v) is 4.93. The Kier molecular flexibility index (Phi) is 3.92. The first-order chi connectivity index (χ1) is 10.1. The van der Waals surface area contributed by atoms with Gasteiger partial charge in [0, 0.05) is 10.8 Å². The van der Waals surface area contributed by atoms with E-state index in [-0.39, 0.29) is 0 Å². The highest BCUT2D eigenvalue weighted by Crippen LogP contribution is 2.38. The van der Waals surface area contributed by atoms with Gasteiger partial charge in [-0.05, 0) is 30.7 Å². The predicted molar refractivity (Wildman–Crippen MR) is 84.7 cm³/mol. The number of aromatic nitrogens is 3. The maximum absolute atomic E-state index is 11.2. The third-order valence-electron chi connectivity index (χ3n) is 2.96. The summed E-state index contributed by atoms with van der Waals surface area (Å²) in [5.41, 5.74) is 1.78. The Hall–Kier alpha value is -1.51. The van der Waals surface area contributed by atoms with E-state index < -0.39 is 5.97 Å². The molecule has 0 amide bonds. The number of thiophene rings is 1. The van der Waals surface area contributed by atoms with E-state index >= 15 is 0 Å². The van der Waals surface area contributed by atoms with Crippen LogP contribution in [0.2, 0.25) is 0 Å². The monoisotopic (exact) mass is 337 g/mol. The number of nitrogens with zero attached hydrogens (tertiary/aromatic N) is 3. The first-order valence-corrected chi connectivity index (χ1v) is 8.71. The van der Waals surface area contributed by atoms with Crippen LogP contribution < -0.4 is 0 Å². The molecule has 0 aliphatic heterocycles. The van der Waals surface area contributed by atoms with E-state index in [1.165, 1.54) is 29.4 Å². The van der Waals surface area contributed by atoms with E-state index in [9.17, 15) is 9.90 Å². The van der Waals surface area contributed by atoms with Gasteiger partial charge in [-0.2, -0.15) is 0 Å². The summed E-state index contributed by atoms with van der Waals surface area (Å²) in [5, 5.41) is 12.8. The van der Waals surface area contributed by atoms with Crippen molar-refractivity contribution in [3.63, 3.8) is 0 Å². The minimum absolute atomic E-state index is 0.320. The highest BCUT2D eigenvalue weighted by atomic mass is 32.2. The van der Waals surface area contributed by atoms with Gasteiger partial charge in [-0.3, -0.25) is 0 Å². The van der Waals surface area contributed by atoms with Crippen LogP contribution >= 0.6 is 34.4 Å². The molecule has 3 aromatic heterocycles. The van der Waals surface area contributed by atoms with Gasteiger partial charge in [0.25, 0.3) is 0 Å². The molecule has 108 valence electrons. The van der Waals surface area contributed by atoms with Crippen molar-refractivity contribution in [2.24, 2.45) is 0 Å². The highest BCUT2D eigenvalue weighted by Gasteiger charge is 2.19. The SMILES string of the molecule is CCc1csc(Sc2ncnc3sc(C(=O)O)c(C)c23)n1. The number of hydrogen-bond acceptors (Lipinski definition) is 7. The summed E-state index contributed by atoms with van der Waals surface area (Å²) in [4.78, 5) is 25.3. The molecular formula is C13H11N3O2S3. The fraction of sp³-hybridized carbons (Fsp3) is 0.231. The van der Waals surface area contributed by atoms with Gasteiger partial charge in [0.2, 0.25) is 0 Å². The number of fused-ring (bicyclic) bond motifs is 1. The van der Waals surface area contributed by atoms with E-state index in [4.69, 9.17) is 0 Å². The summed E-state index contributed by atoms with van der Waals surface area (Å²) < 4.78 is 0.911. The smallest absolute Gasteiger partial charge is 0.346 e. The van der Waals surface area contributed by atoms with Crippen LogP contribution in [0.3, 0.4) is 0 Å². The second-order valence-corrected chi connectivity index (χ2v) is 7.37. The first kappa shape index (κ1) is 14.4. The van der Waals surface area contributed by atoms with Crippen molar-refractivity contribution >= 4 is 50.6 Å². The first-order valence-electron chi connectivity index (χ1n) is 6.19. The summed E-state index contributed by atoms with van der Waals surface area (Å²) >= 11 is 4.22. The minimum Gasteiger partial charge on any atom is -0.477 e. The maximum Gasteiger partial charge on any atom is 0.346 e. The number of carboxylic acid groups (broad SMARTS) is 1. The van der Waals surface area contributed by atoms with E-state index in [0.29, 0.717) is 9.71 Å². The lowest BCUT2D eigenvalue weighted by Crippen LogP contribution is -1.94. The number of thiazole rings is 1. The number of carboxylic acids is 1. The number of aryl methyl sites for hydroxylation is 2. The van der Waals surface area contributed by atoms with Gasteiger partial charge in [-0.25, -0.2) is 19.7 Å². The lowest BCUT2D eigenvalue weighted by atomic mass is 10.2. The predicted octanol–water partition coefficient (Wildman–Crippen LogP) is 3.87. The molecule has 0 fully saturated rings. The molecule has 1 N–H and O–H groups in total. The summed E-state index contributed by atoms with van der Waals surface area (Å²) in [6.45, 7) is 3.86. The molecule has 3 heterocycles. The Morgan fingerprint density at radius 3 is 2.90 bits per heavy atom. The second kappa shape index (κ2) is 5.70. The lowest BCUT2D eigenvalue weighted by molar-refractivity contribution is 0.0701. The topological polar surface area (TPSA) is 76.0 Å². The minimum atomic E-state index is -0.922. The molecule has 0 saturated carbocycles. The number of hydrogen-bond donors (Lipinski definition) is 1. The normalized spacial score (nSPS) is 11.1. The summed E-state index contributed by atoms with van der Waals surface area (Å²) in [6, 6.07) is 0. The molecule has 8 heteroatoms. The number of carbonyl (C=O) groups is 1. The maximum atomic E-state index is 11.2. The van der Waals surface area contributed by atoms with Crippen molar-refractivity contribution in [2.45, 2.75) is 29.6 Å². The van der Waals surface area contributed by atoms with E-state index in [0.717, 1.165) is 32.4 Å². The quantitative estimate of drug-likeness (QED) is 0.728. The Balaban J connectivity index is 2.07. The molecule has 0 spiro atoms. The van der Waals surface area contributed by atoms with Crippen molar-refractivity contribution < 1.29 is 9.90 Å². The summed E-state index contributed by atoms with van der Waals surface area (Å²) in [5.74, 6) is -0.922. The van der Waals surface area contributed by atoms with Crippen LogP contribution in [0.1, 0.15) is 27.9 Å². The third kappa shape index (κ3) is 2.66. The zero-order valence-electron chi connectivity index (χ0n) is 11.3. The molecule has 21 heavy (non-hydrogen) atoms. The van der Waals surface area contributed by atoms with Crippen LogP contribution in [0, 0.1) is 6.92 Å². The number of aromatic carboxylic acids is 1. The van der Waals surface area contributed by atoms with Gasteiger partial charge >= 0.3 is 5.97 Å². The Labute approximate surface area is 133 Å². The molecule has 3 aromatic rings. The van der Waals surface area contributed by atoms with Crippen LogP contribution in [0.25, 0.3) is 10.2 Å². The van der Waals surface area contributed by atoms with Crippen LogP contribution in [0.15, 0.2) is 21.1 Å². The Morgan fingerprint density at radius 1 is 1.43 bits per heavy atom. The molecule has 3 rings (SSSR count). The zero-order valence-corrected chi connectivity index (χ0v) is 13.7. The van der Waals surface area contributed by atoms with Crippen molar-refractivity contribution in [3.8, 4) is 0 Å². The molecular weight excluding hydrogens is 326 g/mol. The lowest BCUT2D eigenvalue weighted by Gasteiger charge is -2.00. The van der Waals surface area contributed by atoms with Gasteiger partial charge in [-0.15, -0.1) is 22.7 Å². The molecule has 0 bridgehead atoms. The fourth-order valence-electron chi connectivity index (χ4n) is 1.90. The number of rotatable bonds is 4. The van der Waals surface area contributed by atoms with Gasteiger partial charge in [0.1, 0.15) is 21.1 Å². The van der Waals surface area contributed by atoms with E-state index in [1.54, 1.807) is 18.3 Å². The van der Waals surface area contributed by atoms with Crippen molar-refractivity contribution in [3.05, 3.63) is 27.8 Å². The van der Waals surface area contributed by atoms with E-state index in [2.05, 4.69) is 21.9 Å². The highest BCUT2D eigenvalue weighted by molar-refractivity contribution is 8.01. The standard InChI is InChI=1S/C13H11N3O2S3/c1-3-7-4-19-13(16-7)21-11-8-6(2)9(12(17)18)20-10(8)14-5-15-11/h4-5H,3H2,1-2H3,(H,17,18). The molecule has 0 unspecified atom stereocenters. The van der Waals surface area contributed by atoms with Crippen LogP contribution in [-0.4, -0.2) is 26.0 Å². The third-order valence-corrected chi connectivity index (χ3v) is 6.14. The van der Waals surface area contributed by atoms with Gasteiger partial charge in [0.05, 0.1) is 5.69 Å². The molecule has 0 aromatic carbocycles. The Bertz CT molecular complexity index is 825. The zero-order chi connectivity index (χ0) is 15.0. The van der Waals surface area contributed by atoms with Gasteiger partial charge < -0.3 is 5.11 Å². The second-order valence-electron chi connectivity index (χ2n) is 4.28. The molecule has 0 radical (unpaired) electrons. The molecule has 0 saturated heterocycles.